The molecule has 0 spiro atoms. The second kappa shape index (κ2) is 8.79. The lowest BCUT2D eigenvalue weighted by Gasteiger charge is -2.17. The Bertz CT molecular complexity index is 1060. The standard InChI is InChI=1S/C20H20ClF3N4OS/c1-11-17(28(2)27-18(11)21)13-8-16(30-10-13)19(29)26-15(9-25)7-12-4-3-5-14(6-12)20(22,23)24/h3-6,8,10,15H,7,9,25H2,1-2H3,(H,26,29)/t15-/m0/s1. The fraction of sp³-hybridized carbons (Fsp3) is 0.300. The van der Waals surface area contributed by atoms with E-state index >= 15 is 0 Å². The number of aromatic nitrogens is 2. The van der Waals surface area contributed by atoms with Crippen molar-refractivity contribution in [3.05, 3.63) is 62.4 Å². The second-order valence-corrected chi connectivity index (χ2v) is 8.17. The summed E-state index contributed by atoms with van der Waals surface area (Å²) in [7, 11) is 1.77. The van der Waals surface area contributed by atoms with Gasteiger partial charge in [-0.3, -0.25) is 9.48 Å². The molecule has 0 bridgehead atoms. The van der Waals surface area contributed by atoms with Crippen molar-refractivity contribution in [3.8, 4) is 11.3 Å². The maximum Gasteiger partial charge on any atom is 0.416 e. The van der Waals surface area contributed by atoms with Gasteiger partial charge in [0, 0.05) is 36.1 Å². The van der Waals surface area contributed by atoms with Crippen LogP contribution < -0.4 is 11.1 Å². The Morgan fingerprint density at radius 3 is 2.70 bits per heavy atom. The third-order valence-electron chi connectivity index (χ3n) is 4.68. The summed E-state index contributed by atoms with van der Waals surface area (Å²) in [5, 5.41) is 9.20. The molecule has 2 aromatic heterocycles. The lowest BCUT2D eigenvalue weighted by molar-refractivity contribution is -0.137. The molecule has 1 amide bonds. The molecule has 0 saturated heterocycles. The molecule has 5 nitrogen and oxygen atoms in total. The number of hydrogen-bond donors (Lipinski definition) is 2. The highest BCUT2D eigenvalue weighted by atomic mass is 35.5. The molecule has 0 radical (unpaired) electrons. The van der Waals surface area contributed by atoms with Crippen molar-refractivity contribution < 1.29 is 18.0 Å². The van der Waals surface area contributed by atoms with Gasteiger partial charge >= 0.3 is 6.18 Å². The number of carbonyl (C=O) groups excluding carboxylic acids is 1. The molecule has 0 aliphatic carbocycles. The Kier molecular flexibility index (Phi) is 6.54. The van der Waals surface area contributed by atoms with Crippen LogP contribution in [0.1, 0.15) is 26.4 Å². The summed E-state index contributed by atoms with van der Waals surface area (Å²) in [5.41, 5.74) is 7.91. The van der Waals surface area contributed by atoms with Crippen LogP contribution in [0.4, 0.5) is 13.2 Å². The zero-order valence-electron chi connectivity index (χ0n) is 16.3. The molecule has 3 N–H and O–H groups in total. The van der Waals surface area contributed by atoms with E-state index in [1.54, 1.807) is 23.9 Å². The van der Waals surface area contributed by atoms with Gasteiger partial charge in [0.25, 0.3) is 5.91 Å². The summed E-state index contributed by atoms with van der Waals surface area (Å²) < 4.78 is 40.4. The molecule has 10 heteroatoms. The molecule has 0 aliphatic heterocycles. The van der Waals surface area contributed by atoms with Crippen LogP contribution in [0.2, 0.25) is 5.15 Å². The molecular weight excluding hydrogens is 437 g/mol. The Balaban J connectivity index is 1.73. The molecule has 0 unspecified atom stereocenters. The molecule has 0 aliphatic rings. The van der Waals surface area contributed by atoms with Gasteiger partial charge in [-0.15, -0.1) is 11.3 Å². The first kappa shape index (κ1) is 22.3. The smallest absolute Gasteiger partial charge is 0.347 e. The summed E-state index contributed by atoms with van der Waals surface area (Å²) in [6, 6.07) is 6.26. The zero-order chi connectivity index (χ0) is 22.1. The molecule has 30 heavy (non-hydrogen) atoms. The average molecular weight is 457 g/mol. The topological polar surface area (TPSA) is 72.9 Å². The molecule has 160 valence electrons. The van der Waals surface area contributed by atoms with Gasteiger partial charge in [0.05, 0.1) is 16.1 Å². The first-order valence-corrected chi connectivity index (χ1v) is 10.3. The highest BCUT2D eigenvalue weighted by Crippen LogP contribution is 2.32. The van der Waals surface area contributed by atoms with Crippen LogP contribution >= 0.6 is 22.9 Å². The van der Waals surface area contributed by atoms with Crippen LogP contribution in [0, 0.1) is 6.92 Å². The van der Waals surface area contributed by atoms with Crippen molar-refractivity contribution in [1.29, 1.82) is 0 Å². The summed E-state index contributed by atoms with van der Waals surface area (Å²) in [5.74, 6) is -0.334. The number of nitrogens with two attached hydrogens (primary N) is 1. The van der Waals surface area contributed by atoms with Gasteiger partial charge in [-0.2, -0.15) is 18.3 Å². The lowest BCUT2D eigenvalue weighted by Crippen LogP contribution is -2.41. The first-order valence-electron chi connectivity index (χ1n) is 9.05. The zero-order valence-corrected chi connectivity index (χ0v) is 17.8. The summed E-state index contributed by atoms with van der Waals surface area (Å²) in [4.78, 5) is 13.1. The molecule has 3 aromatic rings. The molecule has 1 aromatic carbocycles. The van der Waals surface area contributed by atoms with Crippen LogP contribution in [0.25, 0.3) is 11.3 Å². The Labute approximate surface area is 180 Å². The third-order valence-corrected chi connectivity index (χ3v) is 5.97. The first-order chi connectivity index (χ1) is 14.1. The number of hydrogen-bond acceptors (Lipinski definition) is 4. The maximum absolute atomic E-state index is 12.9. The van der Waals surface area contributed by atoms with Crippen molar-refractivity contribution in [1.82, 2.24) is 15.1 Å². The van der Waals surface area contributed by atoms with Crippen molar-refractivity contribution in [2.24, 2.45) is 12.8 Å². The number of aryl methyl sites for hydroxylation is 1. The monoisotopic (exact) mass is 456 g/mol. The lowest BCUT2D eigenvalue weighted by atomic mass is 10.0. The van der Waals surface area contributed by atoms with Gasteiger partial charge in [-0.05, 0) is 31.0 Å². The molecule has 0 fully saturated rings. The number of alkyl halides is 3. The highest BCUT2D eigenvalue weighted by molar-refractivity contribution is 7.12. The quantitative estimate of drug-likeness (QED) is 0.576. The number of thiophene rings is 1. The van der Waals surface area contributed by atoms with E-state index in [2.05, 4.69) is 10.4 Å². The number of halogens is 4. The van der Waals surface area contributed by atoms with Crippen LogP contribution in [-0.4, -0.2) is 28.3 Å². The van der Waals surface area contributed by atoms with Crippen LogP contribution in [0.3, 0.4) is 0 Å². The van der Waals surface area contributed by atoms with E-state index < -0.39 is 17.8 Å². The fourth-order valence-electron chi connectivity index (χ4n) is 3.19. The van der Waals surface area contributed by atoms with Crippen LogP contribution in [-0.2, 0) is 19.6 Å². The van der Waals surface area contributed by atoms with E-state index in [0.29, 0.717) is 15.6 Å². The number of benzene rings is 1. The number of nitrogens with zero attached hydrogens (tertiary/aromatic N) is 2. The van der Waals surface area contributed by atoms with Crippen molar-refractivity contribution in [3.63, 3.8) is 0 Å². The van der Waals surface area contributed by atoms with E-state index in [-0.39, 0.29) is 18.9 Å². The fourth-order valence-corrected chi connectivity index (χ4v) is 4.19. The predicted octanol–water partition coefficient (Wildman–Crippen LogP) is 4.43. The molecular formula is C20H20ClF3N4OS. The number of rotatable bonds is 6. The number of amides is 1. The molecule has 3 rings (SSSR count). The third kappa shape index (κ3) is 4.85. The Morgan fingerprint density at radius 2 is 2.10 bits per heavy atom. The van der Waals surface area contributed by atoms with Gasteiger partial charge in [0.15, 0.2) is 5.15 Å². The predicted molar refractivity (Wildman–Crippen MR) is 112 cm³/mol. The van der Waals surface area contributed by atoms with Crippen LogP contribution in [0.5, 0.6) is 0 Å². The maximum atomic E-state index is 12.9. The normalized spacial score (nSPS) is 12.8. The van der Waals surface area contributed by atoms with Gasteiger partial charge in [-0.1, -0.05) is 29.8 Å². The molecule has 1 atom stereocenters. The van der Waals surface area contributed by atoms with E-state index in [9.17, 15) is 18.0 Å². The highest BCUT2D eigenvalue weighted by Gasteiger charge is 2.30. The van der Waals surface area contributed by atoms with E-state index in [4.69, 9.17) is 17.3 Å². The van der Waals surface area contributed by atoms with Gasteiger partial charge < -0.3 is 11.1 Å². The van der Waals surface area contributed by atoms with Gasteiger partial charge in [0.2, 0.25) is 0 Å². The summed E-state index contributed by atoms with van der Waals surface area (Å²) in [6.45, 7) is 1.94. The van der Waals surface area contributed by atoms with Crippen LogP contribution in [0.15, 0.2) is 35.7 Å². The average Bonchev–Trinajstić information content (AvgIpc) is 3.25. The molecule has 0 saturated carbocycles. The second-order valence-electron chi connectivity index (χ2n) is 6.90. The van der Waals surface area contributed by atoms with E-state index in [0.717, 1.165) is 29.0 Å². The summed E-state index contributed by atoms with van der Waals surface area (Å²) in [6.07, 6.45) is -4.22. The number of nitrogens with one attached hydrogen (secondary N) is 1. The Morgan fingerprint density at radius 1 is 1.37 bits per heavy atom. The number of carbonyl (C=O) groups is 1. The summed E-state index contributed by atoms with van der Waals surface area (Å²) >= 11 is 7.32. The minimum Gasteiger partial charge on any atom is -0.347 e. The molecule has 2 heterocycles. The SMILES string of the molecule is Cc1c(Cl)nn(C)c1-c1csc(C(=O)N[C@H](CN)Cc2cccc(C(F)(F)F)c2)c1. The van der Waals surface area contributed by atoms with E-state index in [1.807, 2.05) is 12.3 Å². The van der Waals surface area contributed by atoms with Crippen molar-refractivity contribution >= 4 is 28.8 Å². The van der Waals surface area contributed by atoms with Crippen molar-refractivity contribution in [2.45, 2.75) is 25.6 Å². The minimum absolute atomic E-state index is 0.0939. The van der Waals surface area contributed by atoms with Crippen molar-refractivity contribution in [2.75, 3.05) is 6.54 Å². The van der Waals surface area contributed by atoms with Gasteiger partial charge in [0.1, 0.15) is 0 Å². The van der Waals surface area contributed by atoms with E-state index in [1.165, 1.54) is 17.4 Å². The Hall–Kier alpha value is -2.36. The minimum atomic E-state index is -4.42. The van der Waals surface area contributed by atoms with Gasteiger partial charge in [-0.25, -0.2) is 0 Å². The largest absolute Gasteiger partial charge is 0.416 e.